The largest absolute Gasteiger partial charge is 0.361 e. The van der Waals surface area contributed by atoms with E-state index in [0.29, 0.717) is 40.0 Å². The highest BCUT2D eigenvalue weighted by atomic mass is 16.7. The molecule has 140 valence electrons. The zero-order chi connectivity index (χ0) is 17.6. The minimum atomic E-state index is -0.549. The van der Waals surface area contributed by atoms with E-state index >= 15 is 0 Å². The monoisotopic (exact) mass is 335 g/mol. The lowest BCUT2D eigenvalue weighted by Crippen LogP contribution is -2.35. The summed E-state index contributed by atoms with van der Waals surface area (Å²) >= 11 is 0. The van der Waals surface area contributed by atoms with Crippen molar-refractivity contribution >= 4 is 0 Å². The third-order valence-corrected chi connectivity index (χ3v) is 2.73. The molecule has 6 heteroatoms. The number of ether oxygens (including phenoxy) is 5. The van der Waals surface area contributed by atoms with E-state index in [9.17, 15) is 0 Å². The van der Waals surface area contributed by atoms with Crippen LogP contribution >= 0.6 is 0 Å². The second kappa shape index (κ2) is 13.1. The van der Waals surface area contributed by atoms with E-state index in [-0.39, 0.29) is 5.60 Å². The first-order valence-corrected chi connectivity index (χ1v) is 8.51. The van der Waals surface area contributed by atoms with Crippen molar-refractivity contribution in [3.05, 3.63) is 0 Å². The Bertz CT molecular complexity index is 235. The van der Waals surface area contributed by atoms with Gasteiger partial charge in [-0.2, -0.15) is 0 Å². The van der Waals surface area contributed by atoms with Gasteiger partial charge < -0.3 is 29.4 Å². The number of nitrogens with two attached hydrogens (primary N) is 1. The van der Waals surface area contributed by atoms with Gasteiger partial charge in [0.05, 0.1) is 5.60 Å². The molecule has 0 radical (unpaired) electrons. The van der Waals surface area contributed by atoms with Crippen LogP contribution < -0.4 is 5.73 Å². The van der Waals surface area contributed by atoms with Crippen molar-refractivity contribution in [2.75, 3.05) is 40.0 Å². The van der Waals surface area contributed by atoms with Crippen molar-refractivity contribution in [1.29, 1.82) is 0 Å². The van der Waals surface area contributed by atoms with E-state index in [1.165, 1.54) is 0 Å². The Hall–Kier alpha value is -0.240. The van der Waals surface area contributed by atoms with Crippen LogP contribution in [0.2, 0.25) is 0 Å². The lowest BCUT2D eigenvalue weighted by Gasteiger charge is -2.19. The third-order valence-electron chi connectivity index (χ3n) is 2.73. The van der Waals surface area contributed by atoms with Crippen molar-refractivity contribution < 1.29 is 23.7 Å². The molecule has 0 atom stereocenters. The summed E-state index contributed by atoms with van der Waals surface area (Å²) in [5, 5.41) is 0. The molecule has 0 amide bonds. The first kappa shape index (κ1) is 22.8. The second-order valence-electron chi connectivity index (χ2n) is 7.08. The summed E-state index contributed by atoms with van der Waals surface area (Å²) in [4.78, 5) is 0. The summed E-state index contributed by atoms with van der Waals surface area (Å²) in [5.74, 6) is 0. The molecule has 0 saturated carbocycles. The minimum Gasteiger partial charge on any atom is -0.361 e. The van der Waals surface area contributed by atoms with Crippen LogP contribution in [0.4, 0.5) is 0 Å². The van der Waals surface area contributed by atoms with E-state index < -0.39 is 5.72 Å². The molecular formula is C17H37NO5. The molecule has 0 aliphatic carbocycles. The van der Waals surface area contributed by atoms with Gasteiger partial charge in [0, 0.05) is 26.4 Å². The Morgan fingerprint density at radius 3 is 1.48 bits per heavy atom. The molecule has 6 nitrogen and oxygen atoms in total. The maximum Gasteiger partial charge on any atom is 0.147 e. The molecule has 0 aliphatic rings. The average molecular weight is 335 g/mol. The predicted octanol–water partition coefficient (Wildman–Crippen LogP) is 3.04. The van der Waals surface area contributed by atoms with Crippen LogP contribution in [0, 0.1) is 0 Å². The number of unbranched alkanes of at least 4 members (excludes halogenated alkanes) is 2. The standard InChI is InChI=1S/C17H37NO5/c1-16(2,3)23-15-21-12-7-6-10-19-14-20-11-8-9-13-22-17(4,5)18/h6-15,18H2,1-5H3. The predicted molar refractivity (Wildman–Crippen MR) is 91.1 cm³/mol. The molecule has 0 unspecified atom stereocenters. The fourth-order valence-electron chi connectivity index (χ4n) is 1.50. The van der Waals surface area contributed by atoms with Gasteiger partial charge in [-0.15, -0.1) is 0 Å². The van der Waals surface area contributed by atoms with E-state index in [1.54, 1.807) is 0 Å². The zero-order valence-corrected chi connectivity index (χ0v) is 15.7. The number of hydrogen-bond donors (Lipinski definition) is 1. The van der Waals surface area contributed by atoms with Crippen molar-refractivity contribution in [3.63, 3.8) is 0 Å². The van der Waals surface area contributed by atoms with Gasteiger partial charge in [-0.25, -0.2) is 0 Å². The van der Waals surface area contributed by atoms with Gasteiger partial charge in [0.2, 0.25) is 0 Å². The molecule has 0 fully saturated rings. The second-order valence-corrected chi connectivity index (χ2v) is 7.08. The first-order chi connectivity index (χ1) is 10.7. The Balaban J connectivity index is 3.08. The maximum absolute atomic E-state index is 5.71. The fraction of sp³-hybridized carbons (Fsp3) is 1.00. The fourth-order valence-corrected chi connectivity index (χ4v) is 1.50. The summed E-state index contributed by atoms with van der Waals surface area (Å²) in [7, 11) is 0. The molecule has 0 aromatic carbocycles. The molecule has 0 aliphatic heterocycles. The Morgan fingerprint density at radius 1 is 0.609 bits per heavy atom. The highest BCUT2D eigenvalue weighted by molar-refractivity contribution is 4.56. The Kier molecular flexibility index (Phi) is 13.0. The smallest absolute Gasteiger partial charge is 0.147 e. The topological polar surface area (TPSA) is 72.2 Å². The van der Waals surface area contributed by atoms with Gasteiger partial charge in [0.15, 0.2) is 0 Å². The molecule has 2 N–H and O–H groups in total. The van der Waals surface area contributed by atoms with Gasteiger partial charge in [0.25, 0.3) is 0 Å². The van der Waals surface area contributed by atoms with Crippen molar-refractivity contribution in [2.45, 2.75) is 71.6 Å². The normalized spacial score (nSPS) is 12.8. The van der Waals surface area contributed by atoms with Gasteiger partial charge in [-0.1, -0.05) is 0 Å². The molecular weight excluding hydrogens is 298 g/mol. The lowest BCUT2D eigenvalue weighted by molar-refractivity contribution is -0.121. The maximum atomic E-state index is 5.71. The summed E-state index contributed by atoms with van der Waals surface area (Å²) in [6.07, 6.45) is 3.80. The molecule has 0 aromatic rings. The van der Waals surface area contributed by atoms with Gasteiger partial charge in [-0.3, -0.25) is 0 Å². The van der Waals surface area contributed by atoms with Gasteiger partial charge in [-0.05, 0) is 60.3 Å². The summed E-state index contributed by atoms with van der Waals surface area (Å²) < 4.78 is 27.0. The molecule has 0 bridgehead atoms. The molecule has 23 heavy (non-hydrogen) atoms. The van der Waals surface area contributed by atoms with Crippen LogP contribution in [0.25, 0.3) is 0 Å². The van der Waals surface area contributed by atoms with Crippen LogP contribution in [0.3, 0.4) is 0 Å². The quantitative estimate of drug-likeness (QED) is 0.366. The SMILES string of the molecule is CC(C)(C)OCOCCCCOCOCCCCOC(C)(C)N. The van der Waals surface area contributed by atoms with E-state index in [1.807, 2.05) is 34.6 Å². The molecule has 0 spiro atoms. The van der Waals surface area contributed by atoms with Gasteiger partial charge >= 0.3 is 0 Å². The first-order valence-electron chi connectivity index (χ1n) is 8.51. The van der Waals surface area contributed by atoms with Crippen molar-refractivity contribution in [3.8, 4) is 0 Å². The highest BCUT2D eigenvalue weighted by Gasteiger charge is 2.09. The van der Waals surface area contributed by atoms with Crippen molar-refractivity contribution in [1.82, 2.24) is 0 Å². The third kappa shape index (κ3) is 21.8. The molecule has 0 heterocycles. The summed E-state index contributed by atoms with van der Waals surface area (Å²) in [6.45, 7) is 13.1. The Morgan fingerprint density at radius 2 is 1.04 bits per heavy atom. The minimum absolute atomic E-state index is 0.146. The number of hydrogen-bond acceptors (Lipinski definition) is 6. The summed E-state index contributed by atoms with van der Waals surface area (Å²) in [6, 6.07) is 0. The van der Waals surface area contributed by atoms with E-state index in [2.05, 4.69) is 0 Å². The Labute approximate surface area is 141 Å². The van der Waals surface area contributed by atoms with E-state index in [0.717, 1.165) is 25.7 Å². The molecule has 0 rings (SSSR count). The molecule has 0 saturated heterocycles. The zero-order valence-electron chi connectivity index (χ0n) is 15.7. The van der Waals surface area contributed by atoms with Crippen LogP contribution in [0.15, 0.2) is 0 Å². The highest BCUT2D eigenvalue weighted by Crippen LogP contribution is 2.06. The van der Waals surface area contributed by atoms with Crippen LogP contribution in [-0.4, -0.2) is 51.3 Å². The average Bonchev–Trinajstić information content (AvgIpc) is 2.40. The lowest BCUT2D eigenvalue weighted by atomic mass is 10.2. The van der Waals surface area contributed by atoms with Crippen molar-refractivity contribution in [2.24, 2.45) is 5.73 Å². The van der Waals surface area contributed by atoms with Crippen LogP contribution in [0.1, 0.15) is 60.3 Å². The van der Waals surface area contributed by atoms with Crippen LogP contribution in [-0.2, 0) is 23.7 Å². The van der Waals surface area contributed by atoms with Gasteiger partial charge in [0.1, 0.15) is 19.3 Å². The number of rotatable bonds is 15. The summed E-state index contributed by atoms with van der Waals surface area (Å²) in [5.41, 5.74) is 5.02. The van der Waals surface area contributed by atoms with E-state index in [4.69, 9.17) is 29.4 Å². The van der Waals surface area contributed by atoms with Crippen LogP contribution in [0.5, 0.6) is 0 Å². The molecule has 0 aromatic heterocycles.